The molecule has 4 rings (SSSR count). The number of ether oxygens (including phenoxy) is 1. The molecule has 1 amide bonds. The molecule has 2 aromatic rings. The third kappa shape index (κ3) is 4.68. The van der Waals surface area contributed by atoms with Gasteiger partial charge in [-0.3, -0.25) is 9.69 Å². The molecule has 0 bridgehead atoms. The van der Waals surface area contributed by atoms with Crippen LogP contribution in [0.1, 0.15) is 11.1 Å². The third-order valence-electron chi connectivity index (χ3n) is 5.69. The van der Waals surface area contributed by atoms with Gasteiger partial charge in [0.1, 0.15) is 11.4 Å². The second-order valence-electron chi connectivity index (χ2n) is 7.73. The number of likely N-dealkylation sites (N-methyl/N-ethyl adjacent to an activating group) is 1. The Morgan fingerprint density at radius 1 is 1.00 bits per heavy atom. The predicted molar refractivity (Wildman–Crippen MR) is 123 cm³/mol. The van der Waals surface area contributed by atoms with Crippen molar-refractivity contribution in [3.05, 3.63) is 77.5 Å². The molecule has 0 radical (unpaired) electrons. The minimum Gasteiger partial charge on any atom is -0.497 e. The number of rotatable bonds is 5. The van der Waals surface area contributed by atoms with Crippen molar-refractivity contribution in [2.24, 2.45) is 4.40 Å². The van der Waals surface area contributed by atoms with Crippen molar-refractivity contribution in [3.8, 4) is 5.75 Å². The zero-order valence-corrected chi connectivity index (χ0v) is 19.0. The maximum absolute atomic E-state index is 13.3. The summed E-state index contributed by atoms with van der Waals surface area (Å²) in [7, 11) is -1.08. The van der Waals surface area contributed by atoms with Crippen LogP contribution >= 0.6 is 0 Å². The SMILES string of the molecule is COc1ccc(C2=NS(=O)(=O)N(C)C(C(=O)N3CCN(Cc4ccccc4)CC3)=C2)cc1. The van der Waals surface area contributed by atoms with Gasteiger partial charge in [-0.25, -0.2) is 4.31 Å². The molecule has 2 aliphatic heterocycles. The highest BCUT2D eigenvalue weighted by atomic mass is 32.2. The van der Waals surface area contributed by atoms with Gasteiger partial charge in [-0.15, -0.1) is 4.40 Å². The van der Waals surface area contributed by atoms with Gasteiger partial charge in [0.25, 0.3) is 5.91 Å². The summed E-state index contributed by atoms with van der Waals surface area (Å²) in [6.45, 7) is 3.35. The monoisotopic (exact) mass is 454 g/mol. The van der Waals surface area contributed by atoms with Crippen molar-refractivity contribution >= 4 is 21.8 Å². The van der Waals surface area contributed by atoms with Gasteiger partial charge in [0.2, 0.25) is 0 Å². The van der Waals surface area contributed by atoms with Crippen molar-refractivity contribution < 1.29 is 17.9 Å². The van der Waals surface area contributed by atoms with Crippen molar-refractivity contribution in [2.75, 3.05) is 40.3 Å². The molecule has 8 nitrogen and oxygen atoms in total. The number of amides is 1. The van der Waals surface area contributed by atoms with Crippen LogP contribution in [0.2, 0.25) is 0 Å². The quantitative estimate of drug-likeness (QED) is 0.689. The number of carbonyl (C=O) groups excluding carboxylic acids is 1. The number of hydrogen-bond donors (Lipinski definition) is 0. The summed E-state index contributed by atoms with van der Waals surface area (Å²) in [6, 6.07) is 17.1. The Morgan fingerprint density at radius 3 is 2.28 bits per heavy atom. The molecule has 168 valence electrons. The Bertz CT molecular complexity index is 1140. The number of piperazine rings is 1. The summed E-state index contributed by atoms with van der Waals surface area (Å²) in [5, 5.41) is 0. The van der Waals surface area contributed by atoms with Gasteiger partial charge in [0.05, 0.1) is 12.8 Å². The first-order valence-electron chi connectivity index (χ1n) is 10.4. The molecule has 0 aliphatic carbocycles. The van der Waals surface area contributed by atoms with E-state index in [0.29, 0.717) is 24.4 Å². The van der Waals surface area contributed by atoms with E-state index in [1.54, 1.807) is 42.4 Å². The van der Waals surface area contributed by atoms with E-state index in [4.69, 9.17) is 4.74 Å². The van der Waals surface area contributed by atoms with Gasteiger partial charge < -0.3 is 9.64 Å². The fourth-order valence-corrected chi connectivity index (χ4v) is 4.67. The zero-order chi connectivity index (χ0) is 22.7. The van der Waals surface area contributed by atoms with Gasteiger partial charge in [-0.2, -0.15) is 8.42 Å². The lowest BCUT2D eigenvalue weighted by Crippen LogP contribution is -2.50. The molecule has 0 spiro atoms. The van der Waals surface area contributed by atoms with Crippen LogP contribution in [0.3, 0.4) is 0 Å². The Labute approximate surface area is 188 Å². The van der Waals surface area contributed by atoms with Crippen molar-refractivity contribution in [2.45, 2.75) is 6.54 Å². The number of allylic oxidation sites excluding steroid dienone is 1. The molecule has 0 saturated carbocycles. The minimum atomic E-state index is -3.99. The second-order valence-corrected chi connectivity index (χ2v) is 9.36. The van der Waals surface area contributed by atoms with Crippen LogP contribution in [0.25, 0.3) is 0 Å². The normalized spacial score (nSPS) is 18.7. The molecule has 0 aromatic heterocycles. The summed E-state index contributed by atoms with van der Waals surface area (Å²) >= 11 is 0. The molecule has 0 N–H and O–H groups in total. The average molecular weight is 455 g/mol. The van der Waals surface area contributed by atoms with Crippen LogP contribution in [-0.4, -0.2) is 74.5 Å². The van der Waals surface area contributed by atoms with Crippen LogP contribution < -0.4 is 4.74 Å². The first-order valence-corrected chi connectivity index (χ1v) is 11.8. The van der Waals surface area contributed by atoms with Gasteiger partial charge in [-0.05, 0) is 35.9 Å². The minimum absolute atomic E-state index is 0.0994. The molecule has 1 fully saturated rings. The molecule has 2 heterocycles. The topological polar surface area (TPSA) is 82.5 Å². The molecule has 9 heteroatoms. The van der Waals surface area contributed by atoms with Crippen molar-refractivity contribution in [3.63, 3.8) is 0 Å². The summed E-state index contributed by atoms with van der Waals surface area (Å²) < 4.78 is 35.3. The average Bonchev–Trinajstić information content (AvgIpc) is 2.81. The lowest BCUT2D eigenvalue weighted by atomic mass is 10.1. The van der Waals surface area contributed by atoms with Crippen LogP contribution in [-0.2, 0) is 21.5 Å². The first kappa shape index (κ1) is 22.0. The van der Waals surface area contributed by atoms with E-state index in [1.807, 2.05) is 18.2 Å². The molecular formula is C23H26N4O4S. The Hall–Kier alpha value is -3.17. The lowest BCUT2D eigenvalue weighted by Gasteiger charge is -2.36. The van der Waals surface area contributed by atoms with Crippen LogP contribution in [0.5, 0.6) is 5.75 Å². The second kappa shape index (κ2) is 9.13. The van der Waals surface area contributed by atoms with Gasteiger partial charge in [-0.1, -0.05) is 30.3 Å². The van der Waals surface area contributed by atoms with Crippen LogP contribution in [0.4, 0.5) is 0 Å². The fourth-order valence-electron chi connectivity index (χ4n) is 3.76. The number of nitrogens with zero attached hydrogens (tertiary/aromatic N) is 4. The first-order chi connectivity index (χ1) is 15.4. The molecular weight excluding hydrogens is 428 g/mol. The highest BCUT2D eigenvalue weighted by Crippen LogP contribution is 2.23. The highest BCUT2D eigenvalue weighted by Gasteiger charge is 2.33. The van der Waals surface area contributed by atoms with E-state index in [0.717, 1.165) is 23.9 Å². The molecule has 1 saturated heterocycles. The third-order valence-corrected chi connectivity index (χ3v) is 7.00. The molecule has 0 unspecified atom stereocenters. The van der Waals surface area contributed by atoms with E-state index in [-0.39, 0.29) is 17.3 Å². The highest BCUT2D eigenvalue weighted by molar-refractivity contribution is 7.88. The van der Waals surface area contributed by atoms with E-state index in [2.05, 4.69) is 21.4 Å². The smallest absolute Gasteiger partial charge is 0.345 e. The van der Waals surface area contributed by atoms with E-state index >= 15 is 0 Å². The van der Waals surface area contributed by atoms with E-state index in [9.17, 15) is 13.2 Å². The van der Waals surface area contributed by atoms with E-state index in [1.165, 1.54) is 12.6 Å². The number of benzene rings is 2. The predicted octanol–water partition coefficient (Wildman–Crippen LogP) is 1.90. The van der Waals surface area contributed by atoms with Gasteiger partial charge in [0, 0.05) is 45.3 Å². The lowest BCUT2D eigenvalue weighted by molar-refractivity contribution is -0.129. The number of carbonyl (C=O) groups is 1. The summed E-state index contributed by atoms with van der Waals surface area (Å²) in [6.07, 6.45) is 1.54. The molecule has 2 aliphatic rings. The zero-order valence-electron chi connectivity index (χ0n) is 18.1. The van der Waals surface area contributed by atoms with Crippen LogP contribution in [0.15, 0.2) is 70.8 Å². The Kier molecular flexibility index (Phi) is 6.29. The van der Waals surface area contributed by atoms with Crippen molar-refractivity contribution in [1.82, 2.24) is 14.1 Å². The maximum Gasteiger partial charge on any atom is 0.345 e. The largest absolute Gasteiger partial charge is 0.497 e. The fraction of sp³-hybridized carbons (Fsp3) is 0.304. The Morgan fingerprint density at radius 2 is 1.66 bits per heavy atom. The Balaban J connectivity index is 1.49. The van der Waals surface area contributed by atoms with Crippen molar-refractivity contribution in [1.29, 1.82) is 0 Å². The maximum atomic E-state index is 13.3. The molecule has 2 aromatic carbocycles. The molecule has 32 heavy (non-hydrogen) atoms. The summed E-state index contributed by atoms with van der Waals surface area (Å²) in [5.74, 6) is 0.343. The summed E-state index contributed by atoms with van der Waals surface area (Å²) in [5.41, 5.74) is 2.16. The summed E-state index contributed by atoms with van der Waals surface area (Å²) in [4.78, 5) is 17.2. The van der Waals surface area contributed by atoms with Gasteiger partial charge in [0.15, 0.2) is 0 Å². The van der Waals surface area contributed by atoms with Crippen LogP contribution in [0, 0.1) is 0 Å². The van der Waals surface area contributed by atoms with E-state index < -0.39 is 10.2 Å². The standard InChI is InChI=1S/C23H26N4O4S/c1-25-22(16-21(24-32(25,29)30)19-8-10-20(31-2)11-9-19)23(28)27-14-12-26(13-15-27)17-18-6-4-3-5-7-18/h3-11,16H,12-15,17H2,1-2H3. The number of hydrogen-bond acceptors (Lipinski definition) is 5. The number of methoxy groups -OCH3 is 1. The molecule has 0 atom stereocenters. The van der Waals surface area contributed by atoms with Gasteiger partial charge >= 0.3 is 10.2 Å².